The quantitative estimate of drug-likeness (QED) is 0.758. The molecule has 1 aromatic carbocycles. The lowest BCUT2D eigenvalue weighted by Crippen LogP contribution is -2.45. The number of hydrogen-bond acceptors (Lipinski definition) is 3. The van der Waals surface area contributed by atoms with Gasteiger partial charge in [0.1, 0.15) is 11.9 Å². The van der Waals surface area contributed by atoms with Gasteiger partial charge < -0.3 is 10.6 Å². The molecule has 0 fully saturated rings. The summed E-state index contributed by atoms with van der Waals surface area (Å²) in [5.74, 6) is -0.885. The number of amides is 2. The van der Waals surface area contributed by atoms with Crippen molar-refractivity contribution in [2.75, 3.05) is 11.9 Å². The van der Waals surface area contributed by atoms with E-state index in [1.165, 1.54) is 18.2 Å². The summed E-state index contributed by atoms with van der Waals surface area (Å²) in [6.07, 6.45) is 0. The van der Waals surface area contributed by atoms with Gasteiger partial charge in [-0.3, -0.25) is 14.9 Å². The second-order valence-corrected chi connectivity index (χ2v) is 4.44. The first kappa shape index (κ1) is 13.5. The highest BCUT2D eigenvalue weighted by atomic mass is 19.1. The Balaban J connectivity index is 2.16. The maximum atomic E-state index is 13.2. The molecule has 0 radical (unpaired) electrons. The topological polar surface area (TPSA) is 70.2 Å². The van der Waals surface area contributed by atoms with Crippen LogP contribution in [0.3, 0.4) is 0 Å². The fourth-order valence-corrected chi connectivity index (χ4v) is 2.05. The molecule has 1 heterocycles. The Kier molecular flexibility index (Phi) is 3.80. The fourth-order valence-electron chi connectivity index (χ4n) is 2.05. The summed E-state index contributed by atoms with van der Waals surface area (Å²) in [5, 5.41) is 8.22. The van der Waals surface area contributed by atoms with E-state index in [9.17, 15) is 14.0 Å². The van der Waals surface area contributed by atoms with E-state index in [0.717, 1.165) is 0 Å². The number of carbonyl (C=O) groups excluding carboxylic acids is 2. The standard InChI is InChI=1S/C13H16FN3O2/c1-3-15-12(18)7(2)16-11-9-6-8(14)4-5-10(9)17-13(11)19/h4-7,11,16H,3H2,1-2H3,(H,15,18)(H,17,19). The van der Waals surface area contributed by atoms with Crippen LogP contribution in [0.15, 0.2) is 18.2 Å². The number of carbonyl (C=O) groups is 2. The van der Waals surface area contributed by atoms with Gasteiger partial charge in [-0.1, -0.05) is 0 Å². The summed E-state index contributed by atoms with van der Waals surface area (Å²) >= 11 is 0. The molecule has 0 saturated carbocycles. The van der Waals surface area contributed by atoms with Gasteiger partial charge in [-0.25, -0.2) is 4.39 Å². The van der Waals surface area contributed by atoms with Crippen LogP contribution in [0, 0.1) is 5.82 Å². The number of halogens is 1. The summed E-state index contributed by atoms with van der Waals surface area (Å²) < 4.78 is 13.2. The Morgan fingerprint density at radius 2 is 2.26 bits per heavy atom. The molecule has 3 N–H and O–H groups in total. The second kappa shape index (κ2) is 5.36. The summed E-state index contributed by atoms with van der Waals surface area (Å²) in [7, 11) is 0. The number of likely N-dealkylation sites (N-methyl/N-ethyl adjacent to an activating group) is 1. The zero-order valence-corrected chi connectivity index (χ0v) is 10.8. The smallest absolute Gasteiger partial charge is 0.246 e. The van der Waals surface area contributed by atoms with Crippen molar-refractivity contribution < 1.29 is 14.0 Å². The molecule has 2 amide bonds. The van der Waals surface area contributed by atoms with Crippen LogP contribution in [0.2, 0.25) is 0 Å². The molecular formula is C13H16FN3O2. The van der Waals surface area contributed by atoms with Crippen molar-refractivity contribution in [1.29, 1.82) is 0 Å². The maximum Gasteiger partial charge on any atom is 0.246 e. The van der Waals surface area contributed by atoms with Gasteiger partial charge in [-0.05, 0) is 32.0 Å². The van der Waals surface area contributed by atoms with E-state index in [1.807, 2.05) is 6.92 Å². The van der Waals surface area contributed by atoms with Crippen LogP contribution < -0.4 is 16.0 Å². The number of benzene rings is 1. The third-order valence-corrected chi connectivity index (χ3v) is 3.01. The predicted molar refractivity (Wildman–Crippen MR) is 69.1 cm³/mol. The Morgan fingerprint density at radius 1 is 1.53 bits per heavy atom. The molecule has 0 aromatic heterocycles. The van der Waals surface area contributed by atoms with Gasteiger partial charge in [0, 0.05) is 17.8 Å². The van der Waals surface area contributed by atoms with Crippen LogP contribution in [0.5, 0.6) is 0 Å². The van der Waals surface area contributed by atoms with Gasteiger partial charge in [0.2, 0.25) is 11.8 Å². The number of fused-ring (bicyclic) bond motifs is 1. The molecule has 0 spiro atoms. The zero-order chi connectivity index (χ0) is 14.0. The first-order valence-corrected chi connectivity index (χ1v) is 6.17. The number of rotatable bonds is 4. The maximum absolute atomic E-state index is 13.2. The molecule has 2 atom stereocenters. The van der Waals surface area contributed by atoms with Gasteiger partial charge in [-0.2, -0.15) is 0 Å². The molecular weight excluding hydrogens is 249 g/mol. The average Bonchev–Trinajstić information content (AvgIpc) is 2.66. The van der Waals surface area contributed by atoms with Gasteiger partial charge >= 0.3 is 0 Å². The van der Waals surface area contributed by atoms with Crippen molar-refractivity contribution in [1.82, 2.24) is 10.6 Å². The lowest BCUT2D eigenvalue weighted by Gasteiger charge is -2.17. The van der Waals surface area contributed by atoms with Crippen LogP contribution in [0.1, 0.15) is 25.5 Å². The van der Waals surface area contributed by atoms with E-state index in [0.29, 0.717) is 17.8 Å². The molecule has 0 aliphatic carbocycles. The predicted octanol–water partition coefficient (Wildman–Crippen LogP) is 0.933. The van der Waals surface area contributed by atoms with Gasteiger partial charge in [0.15, 0.2) is 0 Å². The third kappa shape index (κ3) is 2.73. The van der Waals surface area contributed by atoms with E-state index in [-0.39, 0.29) is 11.8 Å². The van der Waals surface area contributed by atoms with E-state index in [1.54, 1.807) is 6.92 Å². The molecule has 19 heavy (non-hydrogen) atoms. The van der Waals surface area contributed by atoms with Crippen LogP contribution in [0.4, 0.5) is 10.1 Å². The van der Waals surface area contributed by atoms with Crippen LogP contribution in [-0.2, 0) is 9.59 Å². The minimum Gasteiger partial charge on any atom is -0.355 e. The van der Waals surface area contributed by atoms with Crippen molar-refractivity contribution in [3.8, 4) is 0 Å². The molecule has 1 aliphatic heterocycles. The normalized spacial score (nSPS) is 18.7. The van der Waals surface area contributed by atoms with Gasteiger partial charge in [0.05, 0.1) is 6.04 Å². The molecule has 5 nitrogen and oxygen atoms in total. The number of nitrogens with one attached hydrogen (secondary N) is 3. The monoisotopic (exact) mass is 265 g/mol. The molecule has 102 valence electrons. The SMILES string of the molecule is CCNC(=O)C(C)NC1C(=O)Nc2ccc(F)cc21. The van der Waals surface area contributed by atoms with Gasteiger partial charge in [-0.15, -0.1) is 0 Å². The lowest BCUT2D eigenvalue weighted by atomic mass is 10.1. The largest absolute Gasteiger partial charge is 0.355 e. The molecule has 2 rings (SSSR count). The molecule has 6 heteroatoms. The summed E-state index contributed by atoms with van der Waals surface area (Å²) in [4.78, 5) is 23.5. The number of hydrogen-bond donors (Lipinski definition) is 3. The van der Waals surface area contributed by atoms with Crippen molar-refractivity contribution in [3.63, 3.8) is 0 Å². The average molecular weight is 265 g/mol. The Morgan fingerprint density at radius 3 is 2.95 bits per heavy atom. The molecule has 0 bridgehead atoms. The van der Waals surface area contributed by atoms with Crippen LogP contribution in [0.25, 0.3) is 0 Å². The Labute approximate surface area is 110 Å². The first-order chi connectivity index (χ1) is 9.02. The van der Waals surface area contributed by atoms with E-state index in [2.05, 4.69) is 16.0 Å². The third-order valence-electron chi connectivity index (χ3n) is 3.01. The molecule has 2 unspecified atom stereocenters. The number of anilines is 1. The molecule has 0 saturated heterocycles. The highest BCUT2D eigenvalue weighted by Gasteiger charge is 2.32. The minimum absolute atomic E-state index is 0.194. The highest BCUT2D eigenvalue weighted by Crippen LogP contribution is 2.31. The summed E-state index contributed by atoms with van der Waals surface area (Å²) in [6, 6.07) is 2.86. The van der Waals surface area contributed by atoms with Crippen molar-refractivity contribution >= 4 is 17.5 Å². The first-order valence-electron chi connectivity index (χ1n) is 6.17. The van der Waals surface area contributed by atoms with E-state index < -0.39 is 17.9 Å². The fraction of sp³-hybridized carbons (Fsp3) is 0.385. The molecule has 1 aliphatic rings. The molecule has 1 aromatic rings. The van der Waals surface area contributed by atoms with Crippen molar-refractivity contribution in [3.05, 3.63) is 29.6 Å². The van der Waals surface area contributed by atoms with Crippen LogP contribution in [-0.4, -0.2) is 24.4 Å². The zero-order valence-electron chi connectivity index (χ0n) is 10.8. The lowest BCUT2D eigenvalue weighted by molar-refractivity contribution is -0.123. The highest BCUT2D eigenvalue weighted by molar-refractivity contribution is 6.02. The van der Waals surface area contributed by atoms with Crippen LogP contribution >= 0.6 is 0 Å². The van der Waals surface area contributed by atoms with Gasteiger partial charge in [0.25, 0.3) is 0 Å². The summed E-state index contributed by atoms with van der Waals surface area (Å²) in [5.41, 5.74) is 1.10. The second-order valence-electron chi connectivity index (χ2n) is 4.44. The summed E-state index contributed by atoms with van der Waals surface area (Å²) in [6.45, 7) is 4.00. The van der Waals surface area contributed by atoms with E-state index in [4.69, 9.17) is 0 Å². The van der Waals surface area contributed by atoms with Crippen molar-refractivity contribution in [2.24, 2.45) is 0 Å². The van der Waals surface area contributed by atoms with Crippen molar-refractivity contribution in [2.45, 2.75) is 25.9 Å². The van der Waals surface area contributed by atoms with E-state index >= 15 is 0 Å². The minimum atomic E-state index is -0.705. The Bertz CT molecular complexity index is 519. The Hall–Kier alpha value is -1.95.